The van der Waals surface area contributed by atoms with Crippen LogP contribution < -0.4 is 10.1 Å². The van der Waals surface area contributed by atoms with Gasteiger partial charge in [-0.15, -0.1) is 0 Å². The maximum Gasteiger partial charge on any atom is 0.286 e. The van der Waals surface area contributed by atoms with Gasteiger partial charge in [0.15, 0.2) is 5.76 Å². The van der Waals surface area contributed by atoms with Crippen LogP contribution in [0.25, 0.3) is 0 Å². The number of benzene rings is 2. The van der Waals surface area contributed by atoms with Crippen molar-refractivity contribution in [2.45, 2.75) is 23.6 Å². The van der Waals surface area contributed by atoms with Gasteiger partial charge >= 0.3 is 0 Å². The first kappa shape index (κ1) is 22.8. The number of methoxy groups -OCH3 is 1. The van der Waals surface area contributed by atoms with Gasteiger partial charge in [-0.1, -0.05) is 30.3 Å². The van der Waals surface area contributed by atoms with E-state index in [-0.39, 0.29) is 17.4 Å². The molecule has 1 amide bonds. The number of furan rings is 1. The van der Waals surface area contributed by atoms with Crippen molar-refractivity contribution >= 4 is 16.7 Å². The van der Waals surface area contributed by atoms with Crippen LogP contribution in [0, 0.1) is 0 Å². The maximum atomic E-state index is 12.5. The molecule has 0 aliphatic carbocycles. The van der Waals surface area contributed by atoms with Crippen molar-refractivity contribution in [2.24, 2.45) is 0 Å². The molecule has 164 valence electrons. The van der Waals surface area contributed by atoms with Crippen LogP contribution in [0.5, 0.6) is 5.75 Å². The Balaban J connectivity index is 1.40. The topological polar surface area (TPSA) is 71.8 Å². The van der Waals surface area contributed by atoms with Gasteiger partial charge in [0.25, 0.3) is 5.91 Å². The Morgan fingerprint density at radius 2 is 1.81 bits per heavy atom. The van der Waals surface area contributed by atoms with Crippen LogP contribution in [0.1, 0.15) is 28.3 Å². The fourth-order valence-electron chi connectivity index (χ4n) is 3.13. The minimum atomic E-state index is -1.26. The first-order valence-electron chi connectivity index (χ1n) is 10.2. The number of carbonyl (C=O) groups excluding carboxylic acids is 1. The molecule has 0 bridgehead atoms. The van der Waals surface area contributed by atoms with E-state index in [0.717, 1.165) is 19.5 Å². The van der Waals surface area contributed by atoms with Gasteiger partial charge in [0.05, 0.1) is 23.7 Å². The fraction of sp³-hybridized carbons (Fsp3) is 0.292. The third kappa shape index (κ3) is 7.08. The first-order chi connectivity index (χ1) is 15.0. The highest BCUT2D eigenvalue weighted by Crippen LogP contribution is 2.18. The molecule has 1 aromatic heterocycles. The van der Waals surface area contributed by atoms with Gasteiger partial charge < -0.3 is 19.4 Å². The second kappa shape index (κ2) is 11.5. The minimum Gasteiger partial charge on any atom is -0.497 e. The second-order valence-corrected chi connectivity index (χ2v) is 8.72. The zero-order valence-electron chi connectivity index (χ0n) is 17.9. The zero-order valence-corrected chi connectivity index (χ0v) is 18.7. The number of amides is 1. The third-order valence-electron chi connectivity index (χ3n) is 4.78. The molecule has 1 unspecified atom stereocenters. The zero-order chi connectivity index (χ0) is 22.1. The van der Waals surface area contributed by atoms with Crippen molar-refractivity contribution in [1.82, 2.24) is 10.2 Å². The lowest BCUT2D eigenvalue weighted by molar-refractivity contribution is 0.0922. The summed E-state index contributed by atoms with van der Waals surface area (Å²) in [6.07, 6.45) is 0.837. The van der Waals surface area contributed by atoms with Gasteiger partial charge in [-0.2, -0.15) is 0 Å². The van der Waals surface area contributed by atoms with Gasteiger partial charge in [-0.05, 0) is 62.0 Å². The summed E-state index contributed by atoms with van der Waals surface area (Å²) in [4.78, 5) is 15.2. The van der Waals surface area contributed by atoms with Crippen molar-refractivity contribution in [3.8, 4) is 5.75 Å². The predicted octanol–water partition coefficient (Wildman–Crippen LogP) is 3.85. The van der Waals surface area contributed by atoms with E-state index in [2.05, 4.69) is 29.4 Å². The summed E-state index contributed by atoms with van der Waals surface area (Å²) < 4.78 is 23.2. The summed E-state index contributed by atoms with van der Waals surface area (Å²) in [6, 6.07) is 20.7. The summed E-state index contributed by atoms with van der Waals surface area (Å²) in [6.45, 7) is 2.31. The molecule has 0 fully saturated rings. The summed E-state index contributed by atoms with van der Waals surface area (Å²) in [7, 11) is 2.39. The molecule has 3 aromatic rings. The summed E-state index contributed by atoms with van der Waals surface area (Å²) in [5.41, 5.74) is 1.27. The van der Waals surface area contributed by atoms with Crippen LogP contribution in [0.2, 0.25) is 0 Å². The molecule has 2 aromatic carbocycles. The van der Waals surface area contributed by atoms with Crippen LogP contribution in [-0.2, 0) is 23.1 Å². The Kier molecular flexibility index (Phi) is 8.44. The molecule has 31 heavy (non-hydrogen) atoms. The summed E-state index contributed by atoms with van der Waals surface area (Å²) >= 11 is 0. The average Bonchev–Trinajstić information content (AvgIpc) is 3.26. The van der Waals surface area contributed by atoms with Gasteiger partial charge in [0.2, 0.25) is 0 Å². The van der Waals surface area contributed by atoms with Crippen molar-refractivity contribution < 1.29 is 18.2 Å². The molecular weight excluding hydrogens is 412 g/mol. The molecule has 1 atom stereocenters. The van der Waals surface area contributed by atoms with Crippen molar-refractivity contribution in [2.75, 3.05) is 27.2 Å². The number of ether oxygens (including phenoxy) is 1. The molecule has 0 saturated carbocycles. The number of hydrogen-bond donors (Lipinski definition) is 1. The van der Waals surface area contributed by atoms with Crippen molar-refractivity contribution in [3.05, 3.63) is 83.8 Å². The van der Waals surface area contributed by atoms with Gasteiger partial charge in [0.1, 0.15) is 11.5 Å². The molecule has 0 aliphatic rings. The molecule has 7 heteroatoms. The van der Waals surface area contributed by atoms with E-state index in [4.69, 9.17) is 9.15 Å². The van der Waals surface area contributed by atoms with E-state index in [1.54, 1.807) is 43.5 Å². The summed E-state index contributed by atoms with van der Waals surface area (Å²) in [5.74, 6) is 1.42. The molecule has 3 rings (SSSR count). The SMILES string of the molecule is COc1ccc(S(=O)Cc2ccc(C(=O)NCCCN(C)Cc3ccccc3)o2)cc1. The Bertz CT molecular complexity index is 986. The second-order valence-electron chi connectivity index (χ2n) is 7.26. The van der Waals surface area contributed by atoms with Crippen LogP contribution >= 0.6 is 0 Å². The normalized spacial score (nSPS) is 12.0. The Hall–Kier alpha value is -2.90. The Morgan fingerprint density at radius 1 is 1.06 bits per heavy atom. The Labute approximate surface area is 185 Å². The molecule has 0 spiro atoms. The first-order valence-corrected chi connectivity index (χ1v) is 11.5. The number of nitrogens with zero attached hydrogens (tertiary/aromatic N) is 1. The largest absolute Gasteiger partial charge is 0.497 e. The minimum absolute atomic E-state index is 0.212. The van der Waals surface area contributed by atoms with E-state index in [1.807, 2.05) is 18.2 Å². The van der Waals surface area contributed by atoms with Crippen LogP contribution in [0.4, 0.5) is 0 Å². The van der Waals surface area contributed by atoms with Crippen LogP contribution in [0.15, 0.2) is 76.0 Å². The van der Waals surface area contributed by atoms with Crippen LogP contribution in [-0.4, -0.2) is 42.3 Å². The average molecular weight is 441 g/mol. The van der Waals surface area contributed by atoms with E-state index in [0.29, 0.717) is 22.9 Å². The molecule has 1 heterocycles. The third-order valence-corrected chi connectivity index (χ3v) is 6.12. The summed E-state index contributed by atoms with van der Waals surface area (Å²) in [5, 5.41) is 2.88. The molecule has 6 nitrogen and oxygen atoms in total. The fourth-order valence-corrected chi connectivity index (χ4v) is 4.15. The highest BCUT2D eigenvalue weighted by atomic mass is 32.2. The number of nitrogens with one attached hydrogen (secondary N) is 1. The lowest BCUT2D eigenvalue weighted by Gasteiger charge is -2.16. The number of rotatable bonds is 11. The quantitative estimate of drug-likeness (QED) is 0.459. The predicted molar refractivity (Wildman–Crippen MR) is 122 cm³/mol. The molecule has 0 aliphatic heterocycles. The maximum absolute atomic E-state index is 12.5. The smallest absolute Gasteiger partial charge is 0.286 e. The monoisotopic (exact) mass is 440 g/mol. The number of carbonyl (C=O) groups is 1. The van der Waals surface area contributed by atoms with Crippen molar-refractivity contribution in [1.29, 1.82) is 0 Å². The highest BCUT2D eigenvalue weighted by molar-refractivity contribution is 7.84. The van der Waals surface area contributed by atoms with E-state index < -0.39 is 10.8 Å². The van der Waals surface area contributed by atoms with Gasteiger partial charge in [0, 0.05) is 18.0 Å². The van der Waals surface area contributed by atoms with Crippen molar-refractivity contribution in [3.63, 3.8) is 0 Å². The van der Waals surface area contributed by atoms with Gasteiger partial charge in [-0.3, -0.25) is 9.00 Å². The Morgan fingerprint density at radius 3 is 2.52 bits per heavy atom. The van der Waals surface area contributed by atoms with Gasteiger partial charge in [-0.25, -0.2) is 0 Å². The molecule has 0 saturated heterocycles. The molecule has 0 radical (unpaired) electrons. The lowest BCUT2D eigenvalue weighted by atomic mass is 10.2. The molecular formula is C24H28N2O4S. The standard InChI is InChI=1S/C24H28N2O4S/c1-26(17-19-7-4-3-5-8-19)16-6-15-25-24(27)23-14-11-21(30-23)18-31(28)22-12-9-20(29-2)10-13-22/h3-5,7-14H,6,15-18H2,1-2H3,(H,25,27). The lowest BCUT2D eigenvalue weighted by Crippen LogP contribution is -2.27. The highest BCUT2D eigenvalue weighted by Gasteiger charge is 2.13. The van der Waals surface area contributed by atoms with Crippen LogP contribution in [0.3, 0.4) is 0 Å². The molecule has 1 N–H and O–H groups in total. The van der Waals surface area contributed by atoms with E-state index in [9.17, 15) is 9.00 Å². The van der Waals surface area contributed by atoms with E-state index >= 15 is 0 Å². The number of hydrogen-bond acceptors (Lipinski definition) is 5. The van der Waals surface area contributed by atoms with E-state index in [1.165, 1.54) is 5.56 Å².